The van der Waals surface area contributed by atoms with E-state index in [1.165, 1.54) is 11.6 Å². The second-order valence-electron chi connectivity index (χ2n) is 4.40. The maximum absolute atomic E-state index is 11.9. The fourth-order valence-corrected chi connectivity index (χ4v) is 1.98. The van der Waals surface area contributed by atoms with Crippen molar-refractivity contribution >= 4 is 23.1 Å². The number of allylic oxidation sites excluding steroid dienone is 1. The maximum Gasteiger partial charge on any atom is 0.187 e. The normalized spacial score (nSPS) is 10.7. The average molecular weight is 286 g/mol. The molecule has 0 radical (unpaired) electrons. The number of nitrogens with one attached hydrogen (secondary N) is 1. The van der Waals surface area contributed by atoms with Crippen LogP contribution in [0.1, 0.15) is 22.8 Å². The molecule has 2 rings (SSSR count). The smallest absolute Gasteiger partial charge is 0.187 e. The first-order valence-electron chi connectivity index (χ1n) is 6.51. The lowest BCUT2D eigenvalue weighted by Crippen LogP contribution is -1.96. The number of benzene rings is 2. The summed E-state index contributed by atoms with van der Waals surface area (Å²) in [6, 6.07) is 15.0. The molecule has 0 saturated carbocycles. The summed E-state index contributed by atoms with van der Waals surface area (Å²) in [5.41, 5.74) is 2.76. The monoisotopic (exact) mass is 285 g/mol. The molecule has 0 atom stereocenters. The minimum atomic E-state index is -0.0258. The highest BCUT2D eigenvalue weighted by Crippen LogP contribution is 2.14. The SMILES string of the molecule is CCc1ccc(C(=O)C=CNc2cccc(Cl)c2)cc1. The van der Waals surface area contributed by atoms with E-state index >= 15 is 0 Å². The molecular weight excluding hydrogens is 270 g/mol. The van der Waals surface area contributed by atoms with E-state index in [-0.39, 0.29) is 5.78 Å². The van der Waals surface area contributed by atoms with Gasteiger partial charge < -0.3 is 5.32 Å². The van der Waals surface area contributed by atoms with Crippen LogP contribution in [0.25, 0.3) is 0 Å². The summed E-state index contributed by atoms with van der Waals surface area (Å²) in [5, 5.41) is 3.68. The van der Waals surface area contributed by atoms with Crippen molar-refractivity contribution in [1.82, 2.24) is 0 Å². The Morgan fingerprint density at radius 1 is 1.20 bits per heavy atom. The lowest BCUT2D eigenvalue weighted by atomic mass is 10.1. The fraction of sp³-hybridized carbons (Fsp3) is 0.118. The molecule has 0 bridgehead atoms. The van der Waals surface area contributed by atoms with Crippen LogP contribution < -0.4 is 5.32 Å². The molecule has 0 heterocycles. The number of carbonyl (C=O) groups excluding carboxylic acids is 1. The van der Waals surface area contributed by atoms with E-state index in [9.17, 15) is 4.79 Å². The van der Waals surface area contributed by atoms with Crippen molar-refractivity contribution in [3.05, 3.63) is 77.0 Å². The van der Waals surface area contributed by atoms with Crippen molar-refractivity contribution in [3.63, 3.8) is 0 Å². The summed E-state index contributed by atoms with van der Waals surface area (Å²) < 4.78 is 0. The van der Waals surface area contributed by atoms with Crippen molar-refractivity contribution in [2.75, 3.05) is 5.32 Å². The number of anilines is 1. The Morgan fingerprint density at radius 2 is 1.95 bits per heavy atom. The molecule has 0 saturated heterocycles. The van der Waals surface area contributed by atoms with Gasteiger partial charge in [0, 0.05) is 28.5 Å². The Labute approximate surface area is 124 Å². The van der Waals surface area contributed by atoms with Crippen molar-refractivity contribution in [2.45, 2.75) is 13.3 Å². The number of ketones is 1. The maximum atomic E-state index is 11.9. The van der Waals surface area contributed by atoms with Crippen LogP contribution in [0.2, 0.25) is 5.02 Å². The van der Waals surface area contributed by atoms with E-state index in [4.69, 9.17) is 11.6 Å². The van der Waals surface area contributed by atoms with Gasteiger partial charge in [-0.25, -0.2) is 0 Å². The third-order valence-corrected chi connectivity index (χ3v) is 3.19. The van der Waals surface area contributed by atoms with E-state index in [0.717, 1.165) is 12.1 Å². The van der Waals surface area contributed by atoms with Crippen molar-refractivity contribution in [2.24, 2.45) is 0 Å². The minimum Gasteiger partial charge on any atom is -0.362 e. The molecule has 0 aliphatic rings. The van der Waals surface area contributed by atoms with Gasteiger partial charge in [0.25, 0.3) is 0 Å². The summed E-state index contributed by atoms with van der Waals surface area (Å²) in [7, 11) is 0. The lowest BCUT2D eigenvalue weighted by molar-refractivity contribution is 0.104. The zero-order chi connectivity index (χ0) is 14.4. The van der Waals surface area contributed by atoms with Gasteiger partial charge in [0.15, 0.2) is 5.78 Å². The number of hydrogen-bond donors (Lipinski definition) is 1. The van der Waals surface area contributed by atoms with Gasteiger partial charge in [0.05, 0.1) is 0 Å². The first kappa shape index (κ1) is 14.4. The standard InChI is InChI=1S/C17H16ClNO/c1-2-13-6-8-14(9-7-13)17(20)10-11-19-16-5-3-4-15(18)12-16/h3-12,19H,2H2,1H3. The molecule has 2 nitrogen and oxygen atoms in total. The van der Waals surface area contributed by atoms with Crippen molar-refractivity contribution < 1.29 is 4.79 Å². The number of hydrogen-bond acceptors (Lipinski definition) is 2. The molecule has 0 spiro atoms. The second kappa shape index (κ2) is 6.92. The van der Waals surface area contributed by atoms with E-state index in [1.54, 1.807) is 18.3 Å². The van der Waals surface area contributed by atoms with Crippen LogP contribution in [0.15, 0.2) is 60.8 Å². The Balaban J connectivity index is 1.98. The highest BCUT2D eigenvalue weighted by Gasteiger charge is 2.00. The molecule has 0 fully saturated rings. The van der Waals surface area contributed by atoms with Crippen LogP contribution in [-0.2, 0) is 6.42 Å². The van der Waals surface area contributed by atoms with Gasteiger partial charge in [-0.1, -0.05) is 48.9 Å². The number of rotatable bonds is 5. The minimum absolute atomic E-state index is 0.0258. The summed E-state index contributed by atoms with van der Waals surface area (Å²) in [6.45, 7) is 2.09. The summed E-state index contributed by atoms with van der Waals surface area (Å²) in [6.07, 6.45) is 4.12. The Bertz CT molecular complexity index is 617. The zero-order valence-corrected chi connectivity index (χ0v) is 12.0. The molecule has 0 aliphatic carbocycles. The first-order valence-corrected chi connectivity index (χ1v) is 6.89. The van der Waals surface area contributed by atoms with E-state index in [0.29, 0.717) is 10.6 Å². The second-order valence-corrected chi connectivity index (χ2v) is 4.84. The van der Waals surface area contributed by atoms with E-state index in [2.05, 4.69) is 12.2 Å². The van der Waals surface area contributed by atoms with Gasteiger partial charge in [-0.15, -0.1) is 0 Å². The van der Waals surface area contributed by atoms with Gasteiger partial charge in [0.2, 0.25) is 0 Å². The van der Waals surface area contributed by atoms with Crippen molar-refractivity contribution in [1.29, 1.82) is 0 Å². The Kier molecular flexibility index (Phi) is 4.97. The predicted octanol–water partition coefficient (Wildman–Crippen LogP) is 4.71. The highest BCUT2D eigenvalue weighted by molar-refractivity contribution is 6.30. The van der Waals surface area contributed by atoms with Gasteiger partial charge in [0.1, 0.15) is 0 Å². The van der Waals surface area contributed by atoms with Crippen LogP contribution in [0, 0.1) is 0 Å². The number of aryl methyl sites for hydroxylation is 1. The van der Waals surface area contributed by atoms with Crippen LogP contribution in [0.4, 0.5) is 5.69 Å². The quantitative estimate of drug-likeness (QED) is 0.637. The van der Waals surface area contributed by atoms with Gasteiger partial charge >= 0.3 is 0 Å². The predicted molar refractivity (Wildman–Crippen MR) is 84.4 cm³/mol. The molecule has 20 heavy (non-hydrogen) atoms. The lowest BCUT2D eigenvalue weighted by Gasteiger charge is -2.01. The summed E-state index contributed by atoms with van der Waals surface area (Å²) >= 11 is 5.88. The van der Waals surface area contributed by atoms with Crippen molar-refractivity contribution in [3.8, 4) is 0 Å². The van der Waals surface area contributed by atoms with Gasteiger partial charge in [-0.2, -0.15) is 0 Å². The largest absolute Gasteiger partial charge is 0.362 e. The molecule has 1 N–H and O–H groups in total. The van der Waals surface area contributed by atoms with E-state index in [1.807, 2.05) is 36.4 Å². The van der Waals surface area contributed by atoms with Gasteiger partial charge in [-0.3, -0.25) is 4.79 Å². The Morgan fingerprint density at radius 3 is 2.60 bits per heavy atom. The molecule has 0 amide bonds. The van der Waals surface area contributed by atoms with E-state index < -0.39 is 0 Å². The summed E-state index contributed by atoms with van der Waals surface area (Å²) in [4.78, 5) is 11.9. The molecule has 0 unspecified atom stereocenters. The highest BCUT2D eigenvalue weighted by atomic mass is 35.5. The molecule has 102 valence electrons. The Hall–Kier alpha value is -2.06. The number of halogens is 1. The average Bonchev–Trinajstić information content (AvgIpc) is 2.47. The zero-order valence-electron chi connectivity index (χ0n) is 11.3. The molecule has 3 heteroatoms. The fourth-order valence-electron chi connectivity index (χ4n) is 1.79. The van der Waals surface area contributed by atoms with Gasteiger partial charge in [-0.05, 0) is 30.2 Å². The topological polar surface area (TPSA) is 29.1 Å². The number of carbonyl (C=O) groups is 1. The molecule has 0 aromatic heterocycles. The summed E-state index contributed by atoms with van der Waals surface area (Å²) in [5.74, 6) is -0.0258. The van der Waals surface area contributed by atoms with Crippen LogP contribution in [0.3, 0.4) is 0 Å². The third-order valence-electron chi connectivity index (χ3n) is 2.96. The molecule has 2 aromatic rings. The molecule has 0 aliphatic heterocycles. The van der Waals surface area contributed by atoms with Crippen LogP contribution in [0.5, 0.6) is 0 Å². The van der Waals surface area contributed by atoms with Crippen LogP contribution in [-0.4, -0.2) is 5.78 Å². The molecular formula is C17H16ClNO. The third kappa shape index (κ3) is 3.97. The van der Waals surface area contributed by atoms with Crippen LogP contribution >= 0.6 is 11.6 Å². The first-order chi connectivity index (χ1) is 9.69. The molecule has 2 aromatic carbocycles.